The summed E-state index contributed by atoms with van der Waals surface area (Å²) in [5, 5.41) is 0.931. The zero-order valence-corrected chi connectivity index (χ0v) is 10.5. The molecule has 0 saturated heterocycles. The first-order valence-electron chi connectivity index (χ1n) is 6.03. The van der Waals surface area contributed by atoms with Gasteiger partial charge in [0.15, 0.2) is 0 Å². The number of nitrogens with two attached hydrogens (primary N) is 1. The summed E-state index contributed by atoms with van der Waals surface area (Å²) in [6.07, 6.45) is 4.29. The van der Waals surface area contributed by atoms with Gasteiger partial charge in [-0.15, -0.1) is 0 Å². The number of aromatic amines is 1. The zero-order chi connectivity index (χ0) is 13.4. The number of fused-ring (bicyclic) bond motifs is 1. The van der Waals surface area contributed by atoms with Crippen molar-refractivity contribution in [3.05, 3.63) is 30.2 Å². The van der Waals surface area contributed by atoms with Crippen molar-refractivity contribution in [3.8, 4) is 11.3 Å². The maximum Gasteiger partial charge on any atom is 0.220 e. The topological polar surface area (TPSA) is 80.5 Å². The summed E-state index contributed by atoms with van der Waals surface area (Å²) in [5.74, 6) is 0.278. The molecule has 0 atom stereocenters. The number of nitrogen functional groups attached to an aromatic ring is 1. The molecule has 0 bridgehead atoms. The number of pyridine rings is 1. The van der Waals surface area contributed by atoms with Crippen LogP contribution in [-0.4, -0.2) is 27.8 Å². The summed E-state index contributed by atoms with van der Waals surface area (Å²) in [7, 11) is 5.78. The first-order valence-corrected chi connectivity index (χ1v) is 6.03. The van der Waals surface area contributed by atoms with Crippen molar-refractivity contribution in [2.45, 2.75) is 13.3 Å². The van der Waals surface area contributed by atoms with Crippen molar-refractivity contribution >= 4 is 30.3 Å². The van der Waals surface area contributed by atoms with Crippen LogP contribution in [0.15, 0.2) is 24.5 Å². The molecule has 0 aromatic carbocycles. The predicted octanol–water partition coefficient (Wildman–Crippen LogP) is 0.958. The van der Waals surface area contributed by atoms with Gasteiger partial charge in [0.2, 0.25) is 5.95 Å². The lowest BCUT2D eigenvalue weighted by Crippen LogP contribution is -2.02. The fourth-order valence-electron chi connectivity index (χ4n) is 2.07. The Bertz CT molecular complexity index is 750. The molecule has 0 aliphatic carbocycles. The van der Waals surface area contributed by atoms with E-state index in [4.69, 9.17) is 13.6 Å². The third kappa shape index (κ3) is 2.05. The lowest BCUT2D eigenvalue weighted by atomic mass is 9.97. The Hall–Kier alpha value is -2.37. The monoisotopic (exact) mass is 249 g/mol. The summed E-state index contributed by atoms with van der Waals surface area (Å²) in [6.45, 7) is 2.03. The predicted molar refractivity (Wildman–Crippen MR) is 76.3 cm³/mol. The second-order valence-corrected chi connectivity index (χ2v) is 4.32. The van der Waals surface area contributed by atoms with E-state index in [0.717, 1.165) is 34.4 Å². The van der Waals surface area contributed by atoms with Gasteiger partial charge in [-0.2, -0.15) is 0 Å². The van der Waals surface area contributed by atoms with Gasteiger partial charge in [-0.05, 0) is 12.5 Å². The maximum absolute atomic E-state index is 5.78. The van der Waals surface area contributed by atoms with Crippen molar-refractivity contribution in [1.82, 2.24) is 19.9 Å². The van der Waals surface area contributed by atoms with Gasteiger partial charge >= 0.3 is 0 Å². The molecule has 6 heteroatoms. The van der Waals surface area contributed by atoms with E-state index in [1.54, 1.807) is 6.20 Å². The number of aryl methyl sites for hydroxylation is 1. The maximum atomic E-state index is 5.78. The number of nitrogens with zero attached hydrogens (tertiary/aromatic N) is 3. The summed E-state index contributed by atoms with van der Waals surface area (Å²) in [4.78, 5) is 15.8. The van der Waals surface area contributed by atoms with E-state index in [1.807, 2.05) is 25.3 Å². The van der Waals surface area contributed by atoms with Crippen LogP contribution < -0.4 is 11.2 Å². The molecule has 19 heavy (non-hydrogen) atoms. The van der Waals surface area contributed by atoms with Crippen LogP contribution in [0.2, 0.25) is 0 Å². The minimum absolute atomic E-state index is 0.278. The van der Waals surface area contributed by atoms with Crippen LogP contribution in [0.25, 0.3) is 22.3 Å². The molecule has 5 nitrogen and oxygen atoms in total. The van der Waals surface area contributed by atoms with Crippen LogP contribution in [0.3, 0.4) is 0 Å². The molecule has 3 aromatic rings. The number of rotatable bonds is 2. The number of H-pyrrole nitrogens is 1. The highest BCUT2D eigenvalue weighted by molar-refractivity contribution is 6.33. The third-order valence-electron chi connectivity index (χ3n) is 2.99. The van der Waals surface area contributed by atoms with Crippen molar-refractivity contribution in [1.29, 1.82) is 0 Å². The van der Waals surface area contributed by atoms with Gasteiger partial charge in [-0.25, -0.2) is 15.0 Å². The SMILES string of the molecule is [B]c1cnc2[nH]cc(-c3cc(CC)nc(N)n3)c2c1. The first-order chi connectivity index (χ1) is 9.17. The lowest BCUT2D eigenvalue weighted by Gasteiger charge is -2.03. The molecule has 0 aliphatic heterocycles. The summed E-state index contributed by atoms with van der Waals surface area (Å²) in [6, 6.07) is 3.81. The fourth-order valence-corrected chi connectivity index (χ4v) is 2.07. The average Bonchev–Trinajstić information content (AvgIpc) is 2.80. The minimum Gasteiger partial charge on any atom is -0.368 e. The molecule has 3 N–H and O–H groups in total. The van der Waals surface area contributed by atoms with E-state index in [-0.39, 0.29) is 5.95 Å². The largest absolute Gasteiger partial charge is 0.368 e. The van der Waals surface area contributed by atoms with Crippen molar-refractivity contribution < 1.29 is 0 Å². The van der Waals surface area contributed by atoms with Gasteiger partial charge < -0.3 is 10.7 Å². The molecule has 0 spiro atoms. The van der Waals surface area contributed by atoms with Crippen LogP contribution in [0.1, 0.15) is 12.6 Å². The van der Waals surface area contributed by atoms with Gasteiger partial charge in [0.05, 0.1) is 5.69 Å². The molecule has 2 radical (unpaired) electrons. The summed E-state index contributed by atoms with van der Waals surface area (Å²) >= 11 is 0. The van der Waals surface area contributed by atoms with E-state index in [2.05, 4.69) is 19.9 Å². The normalized spacial score (nSPS) is 11.0. The molecule has 0 unspecified atom stereocenters. The van der Waals surface area contributed by atoms with Crippen molar-refractivity contribution in [3.63, 3.8) is 0 Å². The molecule has 92 valence electrons. The Labute approximate surface area is 111 Å². The fraction of sp³-hybridized carbons (Fsp3) is 0.154. The number of hydrogen-bond acceptors (Lipinski definition) is 4. The van der Waals surface area contributed by atoms with E-state index < -0.39 is 0 Å². The smallest absolute Gasteiger partial charge is 0.220 e. The number of aromatic nitrogens is 4. The lowest BCUT2D eigenvalue weighted by molar-refractivity contribution is 1.01. The first kappa shape index (κ1) is 11.7. The Morgan fingerprint density at radius 3 is 2.95 bits per heavy atom. The highest BCUT2D eigenvalue weighted by Crippen LogP contribution is 2.26. The van der Waals surface area contributed by atoms with Gasteiger partial charge in [-0.1, -0.05) is 18.5 Å². The molecule has 0 amide bonds. The van der Waals surface area contributed by atoms with Crippen LogP contribution in [0.4, 0.5) is 5.95 Å². The molecule has 0 aliphatic rings. The Morgan fingerprint density at radius 2 is 2.16 bits per heavy atom. The molecule has 3 heterocycles. The highest BCUT2D eigenvalue weighted by atomic mass is 15.0. The molecule has 3 aromatic heterocycles. The van der Waals surface area contributed by atoms with Gasteiger partial charge in [0.1, 0.15) is 13.5 Å². The van der Waals surface area contributed by atoms with Crippen LogP contribution in [-0.2, 0) is 6.42 Å². The van der Waals surface area contributed by atoms with Crippen LogP contribution in [0.5, 0.6) is 0 Å². The Kier molecular flexibility index (Phi) is 2.70. The van der Waals surface area contributed by atoms with Crippen molar-refractivity contribution in [2.75, 3.05) is 5.73 Å². The third-order valence-corrected chi connectivity index (χ3v) is 2.99. The number of hydrogen-bond donors (Lipinski definition) is 2. The summed E-state index contributed by atoms with van der Waals surface area (Å²) in [5.41, 5.74) is 9.76. The van der Waals surface area contributed by atoms with Gasteiger partial charge in [0, 0.05) is 29.0 Å². The second kappa shape index (κ2) is 4.38. The molecule has 0 fully saturated rings. The zero-order valence-electron chi connectivity index (χ0n) is 10.5. The highest BCUT2D eigenvalue weighted by Gasteiger charge is 2.10. The molecular formula is C13H12BN5. The second-order valence-electron chi connectivity index (χ2n) is 4.32. The van der Waals surface area contributed by atoms with E-state index in [9.17, 15) is 0 Å². The Balaban J connectivity index is 2.24. The van der Waals surface area contributed by atoms with Gasteiger partial charge in [-0.3, -0.25) is 0 Å². The van der Waals surface area contributed by atoms with E-state index >= 15 is 0 Å². The summed E-state index contributed by atoms with van der Waals surface area (Å²) < 4.78 is 0. The van der Waals surface area contributed by atoms with E-state index in [1.165, 1.54) is 0 Å². The quantitative estimate of drug-likeness (QED) is 0.663. The standard InChI is InChI=1S/C13H12BN5/c1-2-8-4-11(19-13(15)18-8)10-6-17-12-9(10)3-7(14)5-16-12/h3-6H,2H2,1H3,(H,16,17)(H2,15,18,19). The average molecular weight is 249 g/mol. The van der Waals surface area contributed by atoms with Crippen LogP contribution in [0, 0.1) is 0 Å². The van der Waals surface area contributed by atoms with Crippen molar-refractivity contribution in [2.24, 2.45) is 0 Å². The molecule has 3 rings (SSSR count). The molecular weight excluding hydrogens is 237 g/mol. The minimum atomic E-state index is 0.278. The molecule has 0 saturated carbocycles. The Morgan fingerprint density at radius 1 is 1.32 bits per heavy atom. The number of anilines is 1. The van der Waals surface area contributed by atoms with E-state index in [0.29, 0.717) is 5.46 Å². The van der Waals surface area contributed by atoms with Gasteiger partial charge in [0.25, 0.3) is 0 Å². The number of nitrogens with one attached hydrogen (secondary N) is 1. The van der Waals surface area contributed by atoms with Crippen LogP contribution >= 0.6 is 0 Å².